The number of carbonyl (C=O) groups excluding carboxylic acids is 1. The Balaban J connectivity index is 2.46. The van der Waals surface area contributed by atoms with Crippen LogP contribution in [0.3, 0.4) is 0 Å². The zero-order valence-corrected chi connectivity index (χ0v) is 10.3. The van der Waals surface area contributed by atoms with Crippen molar-refractivity contribution in [2.24, 2.45) is 0 Å². The quantitative estimate of drug-likeness (QED) is 0.819. The number of amides is 2. The van der Waals surface area contributed by atoms with Crippen molar-refractivity contribution in [3.63, 3.8) is 0 Å². The summed E-state index contributed by atoms with van der Waals surface area (Å²) in [5.74, 6) is 0. The number of halogens is 1. The second kappa shape index (κ2) is 6.85. The molecule has 0 aliphatic carbocycles. The molecule has 0 saturated carbocycles. The predicted octanol–water partition coefficient (Wildman–Crippen LogP) is 2.91. The maximum Gasteiger partial charge on any atom is 0.319 e. The summed E-state index contributed by atoms with van der Waals surface area (Å²) in [6.45, 7) is 3.96. The number of hydrogen-bond donors (Lipinski definition) is 2. The van der Waals surface area contributed by atoms with E-state index in [0.717, 1.165) is 10.0 Å². The Morgan fingerprint density at radius 1 is 1.44 bits per heavy atom. The molecule has 1 aromatic carbocycles. The molecule has 0 heterocycles. The maximum absolute atomic E-state index is 11.1. The molecule has 16 heavy (non-hydrogen) atoms. The zero-order chi connectivity index (χ0) is 11.8. The summed E-state index contributed by atoms with van der Waals surface area (Å²) >= 11 is 3.41. The first kappa shape index (κ1) is 12.5. The van der Waals surface area contributed by atoms with Crippen LogP contribution in [-0.2, 0) is 0 Å². The fourth-order valence-electron chi connectivity index (χ4n) is 1.03. The van der Waals surface area contributed by atoms with Gasteiger partial charge in [0.05, 0.1) is 0 Å². The lowest BCUT2D eigenvalue weighted by atomic mass is 10.2. The molecule has 2 N–H and O–H groups in total. The number of rotatable bonds is 4. The molecule has 1 aromatic rings. The van der Waals surface area contributed by atoms with Gasteiger partial charge >= 0.3 is 6.03 Å². The summed E-state index contributed by atoms with van der Waals surface area (Å²) in [6.07, 6.45) is 5.03. The molecule has 0 aliphatic rings. The van der Waals surface area contributed by atoms with Gasteiger partial charge in [-0.2, -0.15) is 0 Å². The lowest BCUT2D eigenvalue weighted by molar-refractivity contribution is 0.245. The summed E-state index contributed by atoms with van der Waals surface area (Å²) < 4.78 is 0.986. The minimum atomic E-state index is -0.247. The van der Waals surface area contributed by atoms with Crippen LogP contribution in [0.2, 0.25) is 0 Å². The van der Waals surface area contributed by atoms with E-state index in [2.05, 4.69) is 33.1 Å². The first-order chi connectivity index (χ1) is 7.74. The molecule has 0 spiro atoms. The molecule has 2 amide bonds. The van der Waals surface area contributed by atoms with Gasteiger partial charge in [-0.25, -0.2) is 4.79 Å². The number of carbonyl (C=O) groups is 1. The second-order valence-corrected chi connectivity index (χ2v) is 3.85. The molecular formula is C12H13BrN2O. The van der Waals surface area contributed by atoms with E-state index in [1.54, 1.807) is 12.3 Å². The Hall–Kier alpha value is -1.55. The van der Waals surface area contributed by atoms with Gasteiger partial charge in [0.15, 0.2) is 0 Å². The van der Waals surface area contributed by atoms with Crippen molar-refractivity contribution >= 4 is 28.0 Å². The molecule has 0 atom stereocenters. The van der Waals surface area contributed by atoms with Crippen LogP contribution in [0.1, 0.15) is 5.56 Å². The second-order valence-electron chi connectivity index (χ2n) is 3.00. The molecule has 0 saturated heterocycles. The van der Waals surface area contributed by atoms with Gasteiger partial charge in [-0.05, 0) is 17.7 Å². The van der Waals surface area contributed by atoms with E-state index in [-0.39, 0.29) is 6.03 Å². The smallest absolute Gasteiger partial charge is 0.319 e. The van der Waals surface area contributed by atoms with E-state index in [1.165, 1.54) is 0 Å². The highest BCUT2D eigenvalue weighted by Gasteiger charge is 1.94. The van der Waals surface area contributed by atoms with E-state index in [1.807, 2.05) is 30.3 Å². The van der Waals surface area contributed by atoms with Crippen molar-refractivity contribution in [2.45, 2.75) is 0 Å². The van der Waals surface area contributed by atoms with E-state index >= 15 is 0 Å². The molecule has 0 aliphatic heterocycles. The first-order valence-electron chi connectivity index (χ1n) is 4.80. The Morgan fingerprint density at radius 3 is 2.88 bits per heavy atom. The van der Waals surface area contributed by atoms with Crippen molar-refractivity contribution < 1.29 is 4.79 Å². The molecular weight excluding hydrogens is 268 g/mol. The number of nitrogens with one attached hydrogen (secondary N) is 2. The zero-order valence-electron chi connectivity index (χ0n) is 8.74. The van der Waals surface area contributed by atoms with Crippen molar-refractivity contribution in [3.05, 3.63) is 53.2 Å². The Morgan fingerprint density at radius 2 is 2.19 bits per heavy atom. The van der Waals surface area contributed by atoms with Crippen molar-refractivity contribution in [1.29, 1.82) is 0 Å². The highest BCUT2D eigenvalue weighted by atomic mass is 79.9. The van der Waals surface area contributed by atoms with Gasteiger partial charge in [0.2, 0.25) is 0 Å². The average molecular weight is 281 g/mol. The first-order valence-corrected chi connectivity index (χ1v) is 5.59. The summed E-state index contributed by atoms with van der Waals surface area (Å²) in [6, 6.07) is 7.51. The fraction of sp³-hybridized carbons (Fsp3) is 0.0833. The topological polar surface area (TPSA) is 41.1 Å². The standard InChI is InChI=1S/C12H13BrN2O/c1-2-8-14-12(16)15-9-7-10-5-3-4-6-11(10)13/h2-7,9H,1,8H2,(H2,14,15,16)/b9-7+. The molecule has 0 unspecified atom stereocenters. The van der Waals surface area contributed by atoms with Crippen LogP contribution in [0.5, 0.6) is 0 Å². The number of urea groups is 1. The van der Waals surface area contributed by atoms with E-state index < -0.39 is 0 Å². The van der Waals surface area contributed by atoms with Crippen LogP contribution in [0.4, 0.5) is 4.79 Å². The van der Waals surface area contributed by atoms with Crippen LogP contribution in [0.25, 0.3) is 6.08 Å². The van der Waals surface area contributed by atoms with Crippen molar-refractivity contribution in [3.8, 4) is 0 Å². The molecule has 0 aromatic heterocycles. The van der Waals surface area contributed by atoms with Gasteiger partial charge in [0, 0.05) is 17.2 Å². The minimum Gasteiger partial charge on any atom is -0.334 e. The molecule has 1 rings (SSSR count). The summed E-state index contributed by atoms with van der Waals surface area (Å²) in [5, 5.41) is 5.20. The highest BCUT2D eigenvalue weighted by molar-refractivity contribution is 9.10. The lowest BCUT2D eigenvalue weighted by Gasteiger charge is -2.01. The van der Waals surface area contributed by atoms with Gasteiger partial charge in [-0.15, -0.1) is 6.58 Å². The monoisotopic (exact) mass is 280 g/mol. The van der Waals surface area contributed by atoms with Crippen molar-refractivity contribution in [2.75, 3.05) is 6.54 Å². The SMILES string of the molecule is C=CCNC(=O)N/C=C/c1ccccc1Br. The van der Waals surface area contributed by atoms with E-state index in [4.69, 9.17) is 0 Å². The highest BCUT2D eigenvalue weighted by Crippen LogP contribution is 2.16. The molecule has 84 valence electrons. The maximum atomic E-state index is 11.1. The Labute approximate surface area is 103 Å². The van der Waals surface area contributed by atoms with Crippen LogP contribution in [0.15, 0.2) is 47.6 Å². The predicted molar refractivity (Wildman–Crippen MR) is 69.9 cm³/mol. The average Bonchev–Trinajstić information content (AvgIpc) is 2.29. The lowest BCUT2D eigenvalue weighted by Crippen LogP contribution is -2.31. The third kappa shape index (κ3) is 4.31. The molecule has 3 nitrogen and oxygen atoms in total. The van der Waals surface area contributed by atoms with Gasteiger partial charge in [-0.1, -0.05) is 40.2 Å². The summed E-state index contributed by atoms with van der Waals surface area (Å²) in [4.78, 5) is 11.1. The molecule has 0 fully saturated rings. The van der Waals surface area contributed by atoms with Gasteiger partial charge in [0.25, 0.3) is 0 Å². The van der Waals surface area contributed by atoms with Crippen LogP contribution < -0.4 is 10.6 Å². The Bertz CT molecular complexity index is 402. The van der Waals surface area contributed by atoms with E-state index in [9.17, 15) is 4.79 Å². The third-order valence-corrected chi connectivity index (χ3v) is 2.51. The summed E-state index contributed by atoms with van der Waals surface area (Å²) in [5.41, 5.74) is 1.01. The summed E-state index contributed by atoms with van der Waals surface area (Å²) in [7, 11) is 0. The van der Waals surface area contributed by atoms with Crippen LogP contribution >= 0.6 is 15.9 Å². The largest absolute Gasteiger partial charge is 0.334 e. The van der Waals surface area contributed by atoms with Crippen LogP contribution in [0, 0.1) is 0 Å². The van der Waals surface area contributed by atoms with Crippen molar-refractivity contribution in [1.82, 2.24) is 10.6 Å². The minimum absolute atomic E-state index is 0.247. The van der Waals surface area contributed by atoms with Gasteiger partial charge < -0.3 is 10.6 Å². The molecule has 4 heteroatoms. The number of benzene rings is 1. The van der Waals surface area contributed by atoms with Gasteiger partial charge in [-0.3, -0.25) is 0 Å². The Kier molecular flexibility index (Phi) is 5.36. The molecule has 0 radical (unpaired) electrons. The van der Waals surface area contributed by atoms with Crippen LogP contribution in [-0.4, -0.2) is 12.6 Å². The van der Waals surface area contributed by atoms with E-state index in [0.29, 0.717) is 6.54 Å². The third-order valence-electron chi connectivity index (χ3n) is 1.79. The fourth-order valence-corrected chi connectivity index (χ4v) is 1.45. The van der Waals surface area contributed by atoms with Gasteiger partial charge in [0.1, 0.15) is 0 Å². The number of hydrogen-bond acceptors (Lipinski definition) is 1. The normalized spacial score (nSPS) is 10.1. The molecule has 0 bridgehead atoms.